The zero-order valence-corrected chi connectivity index (χ0v) is 23.2. The van der Waals surface area contributed by atoms with E-state index in [1.165, 1.54) is 141 Å². The van der Waals surface area contributed by atoms with Gasteiger partial charge in [-0.25, -0.2) is 0 Å². The van der Waals surface area contributed by atoms with Crippen LogP contribution in [-0.4, -0.2) is 18.5 Å². The van der Waals surface area contributed by atoms with Gasteiger partial charge in [-0.15, -0.1) is 20.3 Å². The van der Waals surface area contributed by atoms with Crippen molar-refractivity contribution < 1.29 is 0 Å². The molecule has 184 valence electrons. The minimum absolute atomic E-state index is 0. The molecule has 0 aromatic heterocycles. The Morgan fingerprint density at radius 1 is 0.300 bits per heavy atom. The van der Waals surface area contributed by atoms with E-state index in [0.717, 1.165) is 0 Å². The lowest BCUT2D eigenvalue weighted by Gasteiger charge is -2.17. The summed E-state index contributed by atoms with van der Waals surface area (Å²) in [7, 11) is 0.383. The van der Waals surface area contributed by atoms with E-state index < -0.39 is 0 Å². The van der Waals surface area contributed by atoms with Crippen molar-refractivity contribution in [3.63, 3.8) is 0 Å². The van der Waals surface area contributed by atoms with Crippen LogP contribution in [0.2, 0.25) is 0 Å². The fourth-order valence-electron chi connectivity index (χ4n) is 4.34. The van der Waals surface area contributed by atoms with Crippen LogP contribution in [0.25, 0.3) is 0 Å². The smallest absolute Gasteiger partial charge is 0.0326 e. The van der Waals surface area contributed by atoms with E-state index in [-0.39, 0.29) is 12.4 Å². The molecule has 0 heterocycles. The highest BCUT2D eigenvalue weighted by molar-refractivity contribution is 7.57. The summed E-state index contributed by atoms with van der Waals surface area (Å²) in [6, 6.07) is 0. The summed E-state index contributed by atoms with van der Waals surface area (Å²) >= 11 is 0. The second kappa shape index (κ2) is 29.7. The Kier molecular flexibility index (Phi) is 32.6. The van der Waals surface area contributed by atoms with Gasteiger partial charge < -0.3 is 0 Å². The largest absolute Gasteiger partial charge is 0.147 e. The van der Waals surface area contributed by atoms with E-state index in [2.05, 4.69) is 20.8 Å². The standard InChI is InChI=1S/C28H59P.ClH/c1-4-7-10-11-12-13-14-15-16-17-18-19-20-21-22-23-24-25-28-29(26-8-5-2)27-9-6-3;/h4-28H2,1-3H3;1H. The lowest BCUT2D eigenvalue weighted by molar-refractivity contribution is 0.526. The molecule has 30 heavy (non-hydrogen) atoms. The van der Waals surface area contributed by atoms with Gasteiger partial charge in [-0.2, -0.15) is 0 Å². The third-order valence-electron chi connectivity index (χ3n) is 6.48. The van der Waals surface area contributed by atoms with Crippen molar-refractivity contribution in [3.05, 3.63) is 0 Å². The van der Waals surface area contributed by atoms with Gasteiger partial charge in [0, 0.05) is 0 Å². The monoisotopic (exact) mass is 462 g/mol. The molecule has 0 amide bonds. The summed E-state index contributed by atoms with van der Waals surface area (Å²) in [5, 5.41) is 0. The SMILES string of the molecule is CCCCCCCCCCCCCCCCCCCCP(CCCC)CCCC.Cl. The lowest BCUT2D eigenvalue weighted by atomic mass is 10.0. The summed E-state index contributed by atoms with van der Waals surface area (Å²) in [5.41, 5.74) is 0. The maximum Gasteiger partial charge on any atom is -0.0326 e. The summed E-state index contributed by atoms with van der Waals surface area (Å²) in [5.74, 6) is 0. The van der Waals surface area contributed by atoms with Crippen molar-refractivity contribution in [2.24, 2.45) is 0 Å². The zero-order valence-electron chi connectivity index (χ0n) is 21.5. The molecule has 0 radical (unpaired) electrons. The molecule has 0 aliphatic carbocycles. The van der Waals surface area contributed by atoms with Gasteiger partial charge in [-0.1, -0.05) is 143 Å². The quantitative estimate of drug-likeness (QED) is 0.0933. The van der Waals surface area contributed by atoms with Crippen LogP contribution >= 0.6 is 20.3 Å². The molecule has 0 bridgehead atoms. The Morgan fingerprint density at radius 2 is 0.533 bits per heavy atom. The van der Waals surface area contributed by atoms with E-state index >= 15 is 0 Å². The Morgan fingerprint density at radius 3 is 0.833 bits per heavy atom. The second-order valence-corrected chi connectivity index (χ2v) is 12.2. The number of hydrogen-bond acceptors (Lipinski definition) is 0. The molecule has 0 fully saturated rings. The Hall–Kier alpha value is 0.720. The maximum atomic E-state index is 2.35. The minimum Gasteiger partial charge on any atom is -0.147 e. The number of unbranched alkanes of at least 4 members (excludes halogenated alkanes) is 19. The number of rotatable bonds is 25. The van der Waals surface area contributed by atoms with Gasteiger partial charge in [-0.3, -0.25) is 0 Å². The normalized spacial score (nSPS) is 11.2. The first-order chi connectivity index (χ1) is 14.3. The van der Waals surface area contributed by atoms with Crippen molar-refractivity contribution in [2.75, 3.05) is 18.5 Å². The predicted octanol–water partition coefficient (Wildman–Crippen LogP) is 11.5. The summed E-state index contributed by atoms with van der Waals surface area (Å²) in [4.78, 5) is 0. The first kappa shape index (κ1) is 32.9. The first-order valence-electron chi connectivity index (χ1n) is 14.1. The molecule has 0 nitrogen and oxygen atoms in total. The molecule has 0 rings (SSSR count). The van der Waals surface area contributed by atoms with Crippen LogP contribution in [0.3, 0.4) is 0 Å². The molecule has 0 saturated carbocycles. The average molecular weight is 463 g/mol. The molecule has 0 atom stereocenters. The molecular weight excluding hydrogens is 403 g/mol. The van der Waals surface area contributed by atoms with Crippen molar-refractivity contribution >= 4 is 20.3 Å². The van der Waals surface area contributed by atoms with E-state index in [9.17, 15) is 0 Å². The average Bonchev–Trinajstić information content (AvgIpc) is 2.74. The maximum absolute atomic E-state index is 2.35. The molecule has 0 N–H and O–H groups in total. The first-order valence-corrected chi connectivity index (χ1v) is 16.0. The molecule has 0 aromatic rings. The van der Waals surface area contributed by atoms with Crippen LogP contribution in [0.1, 0.15) is 162 Å². The van der Waals surface area contributed by atoms with Crippen LogP contribution in [0.5, 0.6) is 0 Å². The van der Waals surface area contributed by atoms with E-state index in [1.807, 2.05) is 0 Å². The number of hydrogen-bond donors (Lipinski definition) is 0. The molecule has 0 spiro atoms. The molecule has 0 unspecified atom stereocenters. The van der Waals surface area contributed by atoms with Gasteiger partial charge in [0.05, 0.1) is 0 Å². The molecule has 0 aliphatic rings. The van der Waals surface area contributed by atoms with Crippen LogP contribution in [0.15, 0.2) is 0 Å². The van der Waals surface area contributed by atoms with Crippen LogP contribution in [0.4, 0.5) is 0 Å². The van der Waals surface area contributed by atoms with E-state index in [0.29, 0.717) is 7.92 Å². The molecule has 0 aromatic carbocycles. The predicted molar refractivity (Wildman–Crippen MR) is 147 cm³/mol. The Balaban J connectivity index is 0. The van der Waals surface area contributed by atoms with Gasteiger partial charge in [0.2, 0.25) is 0 Å². The van der Waals surface area contributed by atoms with E-state index in [4.69, 9.17) is 0 Å². The van der Waals surface area contributed by atoms with Gasteiger partial charge in [-0.05, 0) is 37.7 Å². The fourth-order valence-corrected chi connectivity index (χ4v) is 7.20. The summed E-state index contributed by atoms with van der Waals surface area (Å²) < 4.78 is 0. The van der Waals surface area contributed by atoms with Crippen molar-refractivity contribution in [1.82, 2.24) is 0 Å². The second-order valence-electron chi connectivity index (χ2n) is 9.56. The third kappa shape index (κ3) is 26.8. The van der Waals surface area contributed by atoms with Crippen molar-refractivity contribution in [3.8, 4) is 0 Å². The molecule has 0 aliphatic heterocycles. The highest BCUT2D eigenvalue weighted by Crippen LogP contribution is 2.38. The van der Waals surface area contributed by atoms with Crippen LogP contribution in [-0.2, 0) is 0 Å². The van der Waals surface area contributed by atoms with Gasteiger partial charge in [0.1, 0.15) is 0 Å². The highest BCUT2D eigenvalue weighted by Gasteiger charge is 2.06. The van der Waals surface area contributed by atoms with Crippen molar-refractivity contribution in [1.29, 1.82) is 0 Å². The third-order valence-corrected chi connectivity index (χ3v) is 9.33. The molecule has 0 saturated heterocycles. The zero-order chi connectivity index (χ0) is 21.3. The number of halogens is 1. The van der Waals surface area contributed by atoms with Gasteiger partial charge >= 0.3 is 0 Å². The van der Waals surface area contributed by atoms with E-state index in [1.54, 1.807) is 18.5 Å². The van der Waals surface area contributed by atoms with Gasteiger partial charge in [0.15, 0.2) is 0 Å². The Bertz CT molecular complexity index is 274. The molecular formula is C28H60ClP. The van der Waals surface area contributed by atoms with Crippen LogP contribution < -0.4 is 0 Å². The summed E-state index contributed by atoms with van der Waals surface area (Å²) in [6.45, 7) is 7.01. The van der Waals surface area contributed by atoms with Crippen LogP contribution in [0, 0.1) is 0 Å². The Labute approximate surface area is 200 Å². The lowest BCUT2D eigenvalue weighted by Crippen LogP contribution is -1.96. The highest BCUT2D eigenvalue weighted by atomic mass is 35.5. The summed E-state index contributed by atoms with van der Waals surface area (Å²) in [6.07, 6.45) is 37.2. The topological polar surface area (TPSA) is 0 Å². The van der Waals surface area contributed by atoms with Crippen molar-refractivity contribution in [2.45, 2.75) is 162 Å². The minimum atomic E-state index is 0. The van der Waals surface area contributed by atoms with Gasteiger partial charge in [0.25, 0.3) is 0 Å². The molecule has 2 heteroatoms. The fraction of sp³-hybridized carbons (Fsp3) is 1.00.